The molecule has 0 saturated carbocycles. The number of rotatable bonds is 15. The Kier molecular flexibility index (Phi) is 11.8. The first-order valence-electron chi connectivity index (χ1n) is 15.7. The third kappa shape index (κ3) is 9.97. The number of aromatic nitrogens is 3. The molecular weight excluding hydrogens is 735 g/mol. The molecule has 0 radical (unpaired) electrons. The van der Waals surface area contributed by atoms with Crippen LogP contribution in [0.15, 0.2) is 54.6 Å². The standard InChI is InChI=1S/C33H33N7O3S6/c41-28(34-19-7-10-22-25(16-19)47-31(44)37-22)4-1-13-40(14-2-5-29(42)35-20-8-11-23-26(17-20)48-32(45)38-23)15-3-6-30(43)36-21-9-12-24-27(18-21)49-33(46)39-24/h7-12,16-18H,1-6,13-15H2,(H,34,41)(H,35,42)(H,36,43)(H,37,44)(H,38,45)(H,39,46). The number of nitrogens with one attached hydrogen (secondary N) is 6. The van der Waals surface area contributed by atoms with Crippen molar-refractivity contribution in [1.82, 2.24) is 19.9 Å². The van der Waals surface area contributed by atoms with Crippen LogP contribution in [0.1, 0.15) is 38.5 Å². The summed E-state index contributed by atoms with van der Waals surface area (Å²) in [5.74, 6) is -0.197. The second-order valence-corrected chi connectivity index (χ2v) is 16.6. The molecule has 6 aromatic rings. The number of carbonyl (C=O) groups excluding carboxylic acids is 3. The average molecular weight is 768 g/mol. The van der Waals surface area contributed by atoms with E-state index in [4.69, 9.17) is 36.7 Å². The van der Waals surface area contributed by atoms with E-state index in [1.807, 2.05) is 54.6 Å². The lowest BCUT2D eigenvalue weighted by atomic mass is 10.2. The minimum Gasteiger partial charge on any atom is -0.337 e. The predicted octanol–water partition coefficient (Wildman–Crippen LogP) is 9.36. The number of nitrogens with zero attached hydrogens (tertiary/aromatic N) is 1. The van der Waals surface area contributed by atoms with E-state index < -0.39 is 0 Å². The van der Waals surface area contributed by atoms with Crippen molar-refractivity contribution in [2.45, 2.75) is 38.5 Å². The molecule has 3 aromatic carbocycles. The van der Waals surface area contributed by atoms with E-state index in [1.165, 1.54) is 34.0 Å². The molecule has 0 aliphatic heterocycles. The molecule has 3 heterocycles. The molecule has 0 unspecified atom stereocenters. The summed E-state index contributed by atoms with van der Waals surface area (Å²) in [6.45, 7) is 2.00. The van der Waals surface area contributed by atoms with Crippen LogP contribution in [0.4, 0.5) is 17.1 Å². The number of anilines is 3. The molecule has 0 fully saturated rings. The summed E-state index contributed by atoms with van der Waals surface area (Å²) >= 11 is 20.1. The highest BCUT2D eigenvalue weighted by Crippen LogP contribution is 2.25. The second kappa shape index (κ2) is 16.4. The highest BCUT2D eigenvalue weighted by Gasteiger charge is 2.12. The van der Waals surface area contributed by atoms with Gasteiger partial charge in [0.2, 0.25) is 17.7 Å². The van der Waals surface area contributed by atoms with Gasteiger partial charge < -0.3 is 35.8 Å². The van der Waals surface area contributed by atoms with Gasteiger partial charge in [0.15, 0.2) is 11.9 Å². The number of hydrogen-bond acceptors (Lipinski definition) is 10. The van der Waals surface area contributed by atoms with Crippen molar-refractivity contribution in [3.8, 4) is 0 Å². The molecule has 16 heteroatoms. The van der Waals surface area contributed by atoms with Crippen molar-refractivity contribution in [1.29, 1.82) is 0 Å². The molecule has 6 rings (SSSR count). The van der Waals surface area contributed by atoms with Crippen LogP contribution < -0.4 is 16.0 Å². The second-order valence-electron chi connectivity index (χ2n) is 11.5. The Morgan fingerprint density at radius 1 is 0.531 bits per heavy atom. The molecule has 0 saturated heterocycles. The van der Waals surface area contributed by atoms with Gasteiger partial charge in [-0.15, -0.1) is 34.0 Å². The lowest BCUT2D eigenvalue weighted by Crippen LogP contribution is -2.29. The quantitative estimate of drug-likeness (QED) is 0.0573. The number of aromatic amines is 3. The third-order valence-electron chi connectivity index (χ3n) is 7.75. The van der Waals surface area contributed by atoms with E-state index in [9.17, 15) is 14.4 Å². The zero-order valence-electron chi connectivity index (χ0n) is 26.2. The van der Waals surface area contributed by atoms with Crippen molar-refractivity contribution in [3.63, 3.8) is 0 Å². The number of carbonyl (C=O) groups is 3. The maximum atomic E-state index is 12.8. The van der Waals surface area contributed by atoms with Gasteiger partial charge in [0, 0.05) is 36.3 Å². The third-order valence-corrected chi connectivity index (χ3v) is 11.3. The fourth-order valence-electron chi connectivity index (χ4n) is 5.46. The average Bonchev–Trinajstić information content (AvgIpc) is 3.73. The first-order valence-corrected chi connectivity index (χ1v) is 19.3. The first-order chi connectivity index (χ1) is 23.7. The predicted molar refractivity (Wildman–Crippen MR) is 211 cm³/mol. The van der Waals surface area contributed by atoms with Crippen LogP contribution in [0, 0.1) is 11.9 Å². The van der Waals surface area contributed by atoms with E-state index in [0.29, 0.717) is 70.0 Å². The maximum absolute atomic E-state index is 12.8. The van der Waals surface area contributed by atoms with Crippen molar-refractivity contribution in [2.75, 3.05) is 35.6 Å². The van der Waals surface area contributed by atoms with Crippen molar-refractivity contribution < 1.29 is 14.4 Å². The van der Waals surface area contributed by atoms with Crippen molar-refractivity contribution in [2.24, 2.45) is 0 Å². The fraction of sp³-hybridized carbons (Fsp3) is 0.273. The Labute approximate surface area is 309 Å². The van der Waals surface area contributed by atoms with Gasteiger partial charge in [0.25, 0.3) is 0 Å². The van der Waals surface area contributed by atoms with Gasteiger partial charge >= 0.3 is 0 Å². The van der Waals surface area contributed by atoms with Gasteiger partial charge in [-0.1, -0.05) is 0 Å². The summed E-state index contributed by atoms with van der Waals surface area (Å²) < 4.78 is 5.08. The number of benzene rings is 3. The van der Waals surface area contributed by atoms with E-state index in [2.05, 4.69) is 35.8 Å². The highest BCUT2D eigenvalue weighted by atomic mass is 32.2. The zero-order chi connectivity index (χ0) is 34.3. The smallest absolute Gasteiger partial charge is 0.224 e. The first kappa shape index (κ1) is 35.2. The summed E-state index contributed by atoms with van der Waals surface area (Å²) in [6, 6.07) is 17.1. The minimum absolute atomic E-state index is 0.0656. The summed E-state index contributed by atoms with van der Waals surface area (Å²) in [5, 5.41) is 8.96. The van der Waals surface area contributed by atoms with E-state index in [0.717, 1.165) is 47.7 Å². The van der Waals surface area contributed by atoms with Crippen LogP contribution in [-0.4, -0.2) is 57.2 Å². The lowest BCUT2D eigenvalue weighted by Gasteiger charge is -2.22. The molecular formula is C33H33N7O3S6. The molecule has 0 spiro atoms. The number of fused-ring (bicyclic) bond motifs is 3. The van der Waals surface area contributed by atoms with E-state index in [1.54, 1.807) is 0 Å². The SMILES string of the molecule is O=C(CCCN(CCCC(=O)Nc1ccc2[nH]c(=S)sc2c1)CCCC(=O)Nc1ccc2[nH]c(=S)sc2c1)Nc1ccc2[nH]c(=S)sc2c1. The molecule has 0 aliphatic carbocycles. The Morgan fingerprint density at radius 3 is 1.14 bits per heavy atom. The number of thiazole rings is 3. The van der Waals surface area contributed by atoms with Gasteiger partial charge in [-0.2, -0.15) is 0 Å². The van der Waals surface area contributed by atoms with Crippen LogP contribution in [0.25, 0.3) is 30.6 Å². The summed E-state index contributed by atoms with van der Waals surface area (Å²) in [7, 11) is 0. The van der Waals surface area contributed by atoms with Gasteiger partial charge in [-0.25, -0.2) is 0 Å². The van der Waals surface area contributed by atoms with Crippen LogP contribution >= 0.6 is 70.7 Å². The largest absolute Gasteiger partial charge is 0.337 e. The monoisotopic (exact) mass is 767 g/mol. The maximum Gasteiger partial charge on any atom is 0.224 e. The van der Waals surface area contributed by atoms with Gasteiger partial charge in [0.05, 0.1) is 30.6 Å². The van der Waals surface area contributed by atoms with Crippen molar-refractivity contribution >= 4 is 136 Å². The Bertz CT molecular complexity index is 2060. The molecule has 49 heavy (non-hydrogen) atoms. The normalized spacial score (nSPS) is 11.4. The Morgan fingerprint density at radius 2 is 0.837 bits per heavy atom. The zero-order valence-corrected chi connectivity index (χ0v) is 31.1. The minimum atomic E-state index is -0.0656. The van der Waals surface area contributed by atoms with Crippen LogP contribution in [0.3, 0.4) is 0 Å². The molecule has 0 bridgehead atoms. The van der Waals surface area contributed by atoms with Crippen molar-refractivity contribution in [3.05, 3.63) is 66.5 Å². The molecule has 0 aliphatic rings. The van der Waals surface area contributed by atoms with E-state index in [-0.39, 0.29) is 17.7 Å². The van der Waals surface area contributed by atoms with Gasteiger partial charge in [0.1, 0.15) is 0 Å². The number of amides is 3. The highest BCUT2D eigenvalue weighted by molar-refractivity contribution is 7.74. The number of hydrogen-bond donors (Lipinski definition) is 6. The summed E-state index contributed by atoms with van der Waals surface area (Å²) in [6.07, 6.45) is 2.97. The van der Waals surface area contributed by atoms with E-state index >= 15 is 0 Å². The molecule has 6 N–H and O–H groups in total. The molecule has 10 nitrogen and oxygen atoms in total. The number of H-pyrrole nitrogens is 3. The van der Waals surface area contributed by atoms with Crippen LogP contribution in [-0.2, 0) is 14.4 Å². The Hall–Kier alpha value is -3.64. The van der Waals surface area contributed by atoms with Crippen LogP contribution in [0.5, 0.6) is 0 Å². The lowest BCUT2D eigenvalue weighted by molar-refractivity contribution is -0.117. The molecule has 3 aromatic heterocycles. The Balaban J connectivity index is 0.992. The molecule has 0 atom stereocenters. The van der Waals surface area contributed by atoms with Gasteiger partial charge in [-0.05, 0) is 130 Å². The molecule has 3 amide bonds. The van der Waals surface area contributed by atoms with Crippen LogP contribution in [0.2, 0.25) is 0 Å². The summed E-state index contributed by atoms with van der Waals surface area (Å²) in [5.41, 5.74) is 5.06. The fourth-order valence-corrected chi connectivity index (χ4v) is 8.93. The summed E-state index contributed by atoms with van der Waals surface area (Å²) in [4.78, 5) is 50.0. The molecule has 254 valence electrons. The topological polar surface area (TPSA) is 138 Å². The van der Waals surface area contributed by atoms with Gasteiger partial charge in [-0.3, -0.25) is 14.4 Å².